The van der Waals surface area contributed by atoms with Crippen LogP contribution < -0.4 is 4.90 Å². The van der Waals surface area contributed by atoms with Crippen molar-refractivity contribution in [3.05, 3.63) is 140 Å². The number of para-hydroxylation sites is 1. The maximum absolute atomic E-state index is 6.23. The zero-order valence-corrected chi connectivity index (χ0v) is 25.1. The smallest absolute Gasteiger partial charge is 0.135 e. The summed E-state index contributed by atoms with van der Waals surface area (Å²) in [5, 5.41) is 9.99. The summed E-state index contributed by atoms with van der Waals surface area (Å²) in [5.74, 6) is 0. The molecule has 2 nitrogen and oxygen atoms in total. The van der Waals surface area contributed by atoms with Crippen LogP contribution in [0.5, 0.6) is 0 Å². The first-order valence-electron chi connectivity index (χ1n) is 14.8. The van der Waals surface area contributed by atoms with Crippen molar-refractivity contribution in [2.45, 2.75) is 0 Å². The number of hydrogen-bond donors (Lipinski definition) is 0. The van der Waals surface area contributed by atoms with Crippen LogP contribution >= 0.6 is 22.7 Å². The lowest BCUT2D eigenvalue weighted by atomic mass is 10.0. The molecule has 0 aliphatic rings. The van der Waals surface area contributed by atoms with Crippen LogP contribution in [0.2, 0.25) is 0 Å². The number of hydrogen-bond acceptors (Lipinski definition) is 4. The second-order valence-corrected chi connectivity index (χ2v) is 13.5. The molecule has 7 aromatic carbocycles. The molecule has 44 heavy (non-hydrogen) atoms. The van der Waals surface area contributed by atoms with E-state index in [0.29, 0.717) is 0 Å². The van der Waals surface area contributed by atoms with E-state index in [0.717, 1.165) is 33.3 Å². The van der Waals surface area contributed by atoms with Gasteiger partial charge in [0, 0.05) is 62.5 Å². The van der Waals surface area contributed by atoms with Gasteiger partial charge in [0.25, 0.3) is 0 Å². The van der Waals surface area contributed by atoms with Gasteiger partial charge in [0.1, 0.15) is 11.2 Å². The van der Waals surface area contributed by atoms with Crippen LogP contribution in [0.15, 0.2) is 144 Å². The van der Waals surface area contributed by atoms with Gasteiger partial charge >= 0.3 is 0 Å². The van der Waals surface area contributed by atoms with E-state index in [-0.39, 0.29) is 0 Å². The second-order valence-electron chi connectivity index (χ2n) is 11.3. The van der Waals surface area contributed by atoms with Gasteiger partial charge < -0.3 is 9.32 Å². The maximum Gasteiger partial charge on any atom is 0.135 e. The fourth-order valence-electron chi connectivity index (χ4n) is 6.81. The summed E-state index contributed by atoms with van der Waals surface area (Å²) in [7, 11) is 0. The SMILES string of the molecule is c1ccc2cc3c(cc2c1)sc1cccc(N(c2ccc4c(c2)sc2ccccc24)c2ccc4oc5ccccc5c4c2)c13. The summed E-state index contributed by atoms with van der Waals surface area (Å²) in [6, 6.07) is 50.7. The van der Waals surface area contributed by atoms with E-state index in [1.54, 1.807) is 0 Å². The summed E-state index contributed by atoms with van der Waals surface area (Å²) >= 11 is 3.73. The van der Waals surface area contributed by atoms with Gasteiger partial charge in [-0.3, -0.25) is 0 Å². The number of fused-ring (bicyclic) bond motifs is 10. The molecule has 3 aromatic heterocycles. The molecule has 0 atom stereocenters. The molecule has 0 spiro atoms. The summed E-state index contributed by atoms with van der Waals surface area (Å²) in [5.41, 5.74) is 5.24. The highest BCUT2D eigenvalue weighted by molar-refractivity contribution is 7.26. The van der Waals surface area contributed by atoms with E-state index < -0.39 is 0 Å². The molecular formula is C40H23NOS2. The van der Waals surface area contributed by atoms with Crippen molar-refractivity contribution in [3.63, 3.8) is 0 Å². The Morgan fingerprint density at radius 2 is 1.07 bits per heavy atom. The highest BCUT2D eigenvalue weighted by atomic mass is 32.1. The van der Waals surface area contributed by atoms with Gasteiger partial charge in [-0.25, -0.2) is 0 Å². The predicted molar refractivity (Wildman–Crippen MR) is 192 cm³/mol. The van der Waals surface area contributed by atoms with E-state index >= 15 is 0 Å². The minimum absolute atomic E-state index is 0.903. The molecule has 3 heterocycles. The molecule has 0 N–H and O–H groups in total. The minimum Gasteiger partial charge on any atom is -0.456 e. The Balaban J connectivity index is 1.29. The number of benzene rings is 7. The van der Waals surface area contributed by atoms with Gasteiger partial charge in [-0.05, 0) is 77.5 Å². The lowest BCUT2D eigenvalue weighted by Crippen LogP contribution is -2.10. The van der Waals surface area contributed by atoms with E-state index in [4.69, 9.17) is 4.42 Å². The lowest BCUT2D eigenvalue weighted by Gasteiger charge is -2.26. The third-order valence-electron chi connectivity index (χ3n) is 8.82. The molecule has 0 bridgehead atoms. The van der Waals surface area contributed by atoms with Crippen LogP contribution in [0.1, 0.15) is 0 Å². The van der Waals surface area contributed by atoms with E-state index in [1.165, 1.54) is 56.8 Å². The van der Waals surface area contributed by atoms with Crippen molar-refractivity contribution in [1.82, 2.24) is 0 Å². The molecule has 10 rings (SSSR count). The molecule has 0 amide bonds. The van der Waals surface area contributed by atoms with Crippen LogP contribution in [0.4, 0.5) is 17.1 Å². The zero-order valence-electron chi connectivity index (χ0n) is 23.5. The average molecular weight is 598 g/mol. The molecular weight excluding hydrogens is 575 g/mol. The Bertz CT molecular complexity index is 2750. The van der Waals surface area contributed by atoms with Crippen molar-refractivity contribution < 1.29 is 4.42 Å². The second kappa shape index (κ2) is 9.17. The highest BCUT2D eigenvalue weighted by Crippen LogP contribution is 2.47. The number of rotatable bonds is 3. The Kier molecular flexibility index (Phi) is 5.06. The molecule has 0 radical (unpaired) electrons. The standard InChI is InChI=1S/C40H23NOS2/c1-2-9-25-21-38-32(20-24(25)8-1)40-33(12-7-15-37(40)44-38)41(26-17-19-35-31(22-26)28-10-3-5-13-34(28)42-35)27-16-18-30-29-11-4-6-14-36(29)43-39(30)23-27/h1-23H. The maximum atomic E-state index is 6.23. The van der Waals surface area contributed by atoms with Crippen molar-refractivity contribution in [2.24, 2.45) is 0 Å². The fourth-order valence-corrected chi connectivity index (χ4v) is 9.11. The molecule has 10 aromatic rings. The quantitative estimate of drug-likeness (QED) is 0.201. The van der Waals surface area contributed by atoms with Crippen molar-refractivity contribution in [1.29, 1.82) is 0 Å². The summed E-state index contributed by atoms with van der Waals surface area (Å²) < 4.78 is 11.4. The number of anilines is 3. The molecule has 0 aliphatic carbocycles. The predicted octanol–water partition coefficient (Wildman–Crippen LogP) is 12.9. The Morgan fingerprint density at radius 1 is 0.409 bits per heavy atom. The molecule has 0 unspecified atom stereocenters. The summed E-state index contributed by atoms with van der Waals surface area (Å²) in [6.07, 6.45) is 0. The van der Waals surface area contributed by atoms with Crippen LogP contribution in [0.25, 0.3) is 73.1 Å². The molecule has 0 aliphatic heterocycles. The van der Waals surface area contributed by atoms with Crippen molar-refractivity contribution in [3.8, 4) is 0 Å². The number of thiophene rings is 2. The normalized spacial score (nSPS) is 12.1. The van der Waals surface area contributed by atoms with E-state index in [1.807, 2.05) is 34.8 Å². The Morgan fingerprint density at radius 3 is 2.00 bits per heavy atom. The number of furan rings is 1. The molecule has 206 valence electrons. The van der Waals surface area contributed by atoms with E-state index in [9.17, 15) is 0 Å². The summed E-state index contributed by atoms with van der Waals surface area (Å²) in [6.45, 7) is 0. The fraction of sp³-hybridized carbons (Fsp3) is 0. The first kappa shape index (κ1) is 24.3. The molecule has 4 heteroatoms. The van der Waals surface area contributed by atoms with E-state index in [2.05, 4.69) is 132 Å². The molecule has 0 saturated heterocycles. The lowest BCUT2D eigenvalue weighted by molar-refractivity contribution is 0.669. The van der Waals surface area contributed by atoms with Gasteiger partial charge in [0.05, 0.1) is 5.69 Å². The topological polar surface area (TPSA) is 16.4 Å². The van der Waals surface area contributed by atoms with Gasteiger partial charge in [-0.1, -0.05) is 72.8 Å². The van der Waals surface area contributed by atoms with Gasteiger partial charge in [-0.15, -0.1) is 22.7 Å². The third-order valence-corrected chi connectivity index (χ3v) is 11.1. The minimum atomic E-state index is 0.903. The summed E-state index contributed by atoms with van der Waals surface area (Å²) in [4.78, 5) is 2.44. The van der Waals surface area contributed by atoms with Crippen LogP contribution in [-0.4, -0.2) is 0 Å². The van der Waals surface area contributed by atoms with Gasteiger partial charge in [0.15, 0.2) is 0 Å². The Labute approximate surface area is 260 Å². The van der Waals surface area contributed by atoms with Crippen molar-refractivity contribution in [2.75, 3.05) is 4.90 Å². The monoisotopic (exact) mass is 597 g/mol. The largest absolute Gasteiger partial charge is 0.456 e. The van der Waals surface area contributed by atoms with Crippen molar-refractivity contribution >= 4 is 113 Å². The average Bonchev–Trinajstić information content (AvgIpc) is 3.74. The van der Waals surface area contributed by atoms with Gasteiger partial charge in [-0.2, -0.15) is 0 Å². The Hall–Kier alpha value is -5.16. The molecule has 0 fully saturated rings. The first-order chi connectivity index (χ1) is 21.8. The molecule has 0 saturated carbocycles. The van der Waals surface area contributed by atoms with Crippen LogP contribution in [0, 0.1) is 0 Å². The van der Waals surface area contributed by atoms with Gasteiger partial charge in [0.2, 0.25) is 0 Å². The van der Waals surface area contributed by atoms with Crippen LogP contribution in [0.3, 0.4) is 0 Å². The number of nitrogens with zero attached hydrogens (tertiary/aromatic N) is 1. The zero-order chi connectivity index (χ0) is 28.8. The highest BCUT2D eigenvalue weighted by Gasteiger charge is 2.21. The first-order valence-corrected chi connectivity index (χ1v) is 16.4. The third kappa shape index (κ3) is 3.53. The van der Waals surface area contributed by atoms with Crippen LogP contribution in [-0.2, 0) is 0 Å².